The molecule has 4 aromatic rings. The van der Waals surface area contributed by atoms with E-state index in [1.165, 1.54) is 6.07 Å². The monoisotopic (exact) mass is 383 g/mol. The van der Waals surface area contributed by atoms with Gasteiger partial charge in [-0.3, -0.25) is 14.6 Å². The molecule has 0 spiro atoms. The van der Waals surface area contributed by atoms with Crippen molar-refractivity contribution in [1.29, 1.82) is 0 Å². The Kier molecular flexibility index (Phi) is 4.11. The lowest BCUT2D eigenvalue weighted by Gasteiger charge is -2.03. The van der Waals surface area contributed by atoms with Crippen LogP contribution in [-0.4, -0.2) is 16.8 Å². The first-order valence-electron chi connectivity index (χ1n) is 7.98. The predicted molar refractivity (Wildman–Crippen MR) is 94.5 cm³/mol. The molecule has 28 heavy (non-hydrogen) atoms. The van der Waals surface area contributed by atoms with Crippen LogP contribution in [0.2, 0.25) is 0 Å². The van der Waals surface area contributed by atoms with Crippen LogP contribution in [0, 0.1) is 11.6 Å². The highest BCUT2D eigenvalue weighted by Crippen LogP contribution is 2.33. The molecular formula is C19H11F2N3O4. The van der Waals surface area contributed by atoms with Crippen LogP contribution in [0.15, 0.2) is 57.5 Å². The molecule has 0 bridgehead atoms. The van der Waals surface area contributed by atoms with E-state index in [1.54, 1.807) is 30.5 Å². The third-order valence-corrected chi connectivity index (χ3v) is 3.92. The van der Waals surface area contributed by atoms with Gasteiger partial charge in [-0.1, -0.05) is 6.07 Å². The number of anilines is 1. The number of carbonyl (C=O) groups excluding carboxylic acids is 2. The molecule has 1 aromatic carbocycles. The van der Waals surface area contributed by atoms with Gasteiger partial charge in [-0.05, 0) is 30.3 Å². The number of halogens is 2. The third-order valence-electron chi connectivity index (χ3n) is 3.92. The Morgan fingerprint density at radius 1 is 1.07 bits per heavy atom. The first kappa shape index (κ1) is 17.4. The number of furan rings is 2. The van der Waals surface area contributed by atoms with Gasteiger partial charge in [0.1, 0.15) is 17.2 Å². The van der Waals surface area contributed by atoms with E-state index in [0.29, 0.717) is 17.5 Å². The lowest BCUT2D eigenvalue weighted by molar-refractivity contribution is 0.0977. The second-order valence-electron chi connectivity index (χ2n) is 5.77. The number of rotatable bonds is 4. The first-order valence-corrected chi connectivity index (χ1v) is 7.98. The van der Waals surface area contributed by atoms with E-state index < -0.39 is 34.8 Å². The van der Waals surface area contributed by atoms with Crippen LogP contribution in [0.4, 0.5) is 14.5 Å². The van der Waals surface area contributed by atoms with Crippen LogP contribution in [0.5, 0.6) is 0 Å². The van der Waals surface area contributed by atoms with Gasteiger partial charge in [0.25, 0.3) is 11.8 Å². The van der Waals surface area contributed by atoms with E-state index in [-0.39, 0.29) is 16.8 Å². The van der Waals surface area contributed by atoms with Crippen molar-refractivity contribution in [3.63, 3.8) is 0 Å². The van der Waals surface area contributed by atoms with E-state index in [1.807, 2.05) is 0 Å². The summed E-state index contributed by atoms with van der Waals surface area (Å²) in [6, 6.07) is 9.63. The van der Waals surface area contributed by atoms with Gasteiger partial charge >= 0.3 is 0 Å². The Balaban J connectivity index is 1.72. The minimum Gasteiger partial charge on any atom is -0.449 e. The number of amides is 2. The van der Waals surface area contributed by atoms with Gasteiger partial charge in [0.15, 0.2) is 22.9 Å². The molecular weight excluding hydrogens is 372 g/mol. The number of nitrogens with zero attached hydrogens (tertiary/aromatic N) is 1. The summed E-state index contributed by atoms with van der Waals surface area (Å²) in [5.41, 5.74) is 5.09. The summed E-state index contributed by atoms with van der Waals surface area (Å²) in [5, 5.41) is 2.23. The van der Waals surface area contributed by atoms with Crippen LogP contribution < -0.4 is 11.1 Å². The average molecular weight is 383 g/mol. The molecule has 3 aromatic heterocycles. The number of aromatic nitrogens is 1. The third kappa shape index (κ3) is 2.98. The minimum atomic E-state index is -1.06. The van der Waals surface area contributed by atoms with E-state index in [0.717, 1.165) is 6.07 Å². The average Bonchev–Trinajstić information content (AvgIpc) is 3.28. The lowest BCUT2D eigenvalue weighted by Crippen LogP contribution is -2.16. The fraction of sp³-hybridized carbons (Fsp3) is 0. The quantitative estimate of drug-likeness (QED) is 0.558. The van der Waals surface area contributed by atoms with Gasteiger partial charge in [0.05, 0.1) is 5.39 Å². The molecule has 0 fully saturated rings. The Morgan fingerprint density at radius 3 is 2.61 bits per heavy atom. The highest BCUT2D eigenvalue weighted by molar-refractivity contribution is 6.13. The smallest absolute Gasteiger partial charge is 0.291 e. The zero-order chi connectivity index (χ0) is 19.8. The van der Waals surface area contributed by atoms with Gasteiger partial charge in [0.2, 0.25) is 5.76 Å². The molecule has 7 nitrogen and oxygen atoms in total. The SMILES string of the molecule is NC(=O)c1oc2c(F)cc(F)cc2c1NC(=O)c1ccc(-c2ccccn2)o1. The zero-order valence-electron chi connectivity index (χ0n) is 14.0. The summed E-state index contributed by atoms with van der Waals surface area (Å²) in [4.78, 5) is 28.3. The highest BCUT2D eigenvalue weighted by atomic mass is 19.1. The summed E-state index contributed by atoms with van der Waals surface area (Å²) in [6.07, 6.45) is 1.57. The maximum Gasteiger partial charge on any atom is 0.291 e. The van der Waals surface area contributed by atoms with Crippen molar-refractivity contribution in [3.8, 4) is 11.5 Å². The molecule has 0 aliphatic carbocycles. The molecule has 0 aliphatic rings. The second-order valence-corrected chi connectivity index (χ2v) is 5.77. The van der Waals surface area contributed by atoms with Crippen LogP contribution in [0.1, 0.15) is 21.1 Å². The first-order chi connectivity index (χ1) is 13.4. The van der Waals surface area contributed by atoms with Gasteiger partial charge in [-0.25, -0.2) is 8.78 Å². The van der Waals surface area contributed by atoms with E-state index in [4.69, 9.17) is 14.6 Å². The summed E-state index contributed by atoms with van der Waals surface area (Å²) < 4.78 is 38.1. The molecule has 140 valence electrons. The summed E-state index contributed by atoms with van der Waals surface area (Å²) in [5.74, 6) is -4.04. The van der Waals surface area contributed by atoms with Gasteiger partial charge in [-0.15, -0.1) is 0 Å². The van der Waals surface area contributed by atoms with E-state index in [9.17, 15) is 18.4 Å². The molecule has 0 saturated carbocycles. The molecule has 3 heterocycles. The number of nitrogens with one attached hydrogen (secondary N) is 1. The normalized spacial score (nSPS) is 10.9. The Bertz CT molecular complexity index is 1210. The molecule has 0 saturated heterocycles. The van der Waals surface area contributed by atoms with Crippen LogP contribution >= 0.6 is 0 Å². The van der Waals surface area contributed by atoms with Crippen molar-refractivity contribution in [2.24, 2.45) is 5.73 Å². The van der Waals surface area contributed by atoms with Crippen molar-refractivity contribution in [2.45, 2.75) is 0 Å². The topological polar surface area (TPSA) is 111 Å². The maximum atomic E-state index is 13.9. The van der Waals surface area contributed by atoms with Gasteiger partial charge in [0, 0.05) is 12.3 Å². The summed E-state index contributed by atoms with van der Waals surface area (Å²) >= 11 is 0. The molecule has 0 aliphatic heterocycles. The van der Waals surface area contributed by atoms with Gasteiger partial charge in [-0.2, -0.15) is 0 Å². The molecule has 0 unspecified atom stereocenters. The number of nitrogens with two attached hydrogens (primary N) is 1. The van der Waals surface area contributed by atoms with Crippen molar-refractivity contribution < 1.29 is 27.2 Å². The number of carbonyl (C=O) groups is 2. The number of benzene rings is 1. The van der Waals surface area contributed by atoms with Crippen LogP contribution in [0.3, 0.4) is 0 Å². The number of hydrogen-bond acceptors (Lipinski definition) is 5. The van der Waals surface area contributed by atoms with Crippen molar-refractivity contribution >= 4 is 28.5 Å². The van der Waals surface area contributed by atoms with E-state index >= 15 is 0 Å². The number of hydrogen-bond donors (Lipinski definition) is 2. The highest BCUT2D eigenvalue weighted by Gasteiger charge is 2.24. The fourth-order valence-corrected chi connectivity index (χ4v) is 2.70. The predicted octanol–water partition coefficient (Wildman–Crippen LogP) is 3.72. The lowest BCUT2D eigenvalue weighted by atomic mass is 10.2. The minimum absolute atomic E-state index is 0.109. The molecule has 0 radical (unpaired) electrons. The molecule has 9 heteroatoms. The number of primary amides is 1. The van der Waals surface area contributed by atoms with E-state index in [2.05, 4.69) is 10.3 Å². The maximum absolute atomic E-state index is 13.9. The Labute approximate surface area is 155 Å². The molecule has 2 amide bonds. The van der Waals surface area contributed by atoms with Crippen LogP contribution in [-0.2, 0) is 0 Å². The second kappa shape index (κ2) is 6.62. The molecule has 0 atom stereocenters. The molecule has 3 N–H and O–H groups in total. The molecule has 4 rings (SSSR count). The Hall–Kier alpha value is -4.01. The van der Waals surface area contributed by atoms with Crippen LogP contribution in [0.25, 0.3) is 22.4 Å². The Morgan fingerprint density at radius 2 is 1.89 bits per heavy atom. The van der Waals surface area contributed by atoms with Crippen molar-refractivity contribution in [1.82, 2.24) is 4.98 Å². The zero-order valence-corrected chi connectivity index (χ0v) is 14.0. The summed E-state index contributed by atoms with van der Waals surface area (Å²) in [6.45, 7) is 0. The fourth-order valence-electron chi connectivity index (χ4n) is 2.70. The van der Waals surface area contributed by atoms with Gasteiger partial charge < -0.3 is 19.9 Å². The van der Waals surface area contributed by atoms with Crippen molar-refractivity contribution in [2.75, 3.05) is 5.32 Å². The summed E-state index contributed by atoms with van der Waals surface area (Å²) in [7, 11) is 0. The van der Waals surface area contributed by atoms with Crippen molar-refractivity contribution in [3.05, 3.63) is 71.8 Å². The standard InChI is InChI=1S/C19H11F2N3O4/c20-9-7-10-15(17(18(22)25)28-16(10)11(21)8-9)24-19(26)14-5-4-13(27-14)12-3-1-2-6-23-12/h1-8H,(H2,22,25)(H,24,26). The number of pyridine rings is 1. The number of fused-ring (bicyclic) bond motifs is 1. The largest absolute Gasteiger partial charge is 0.449 e.